The molecule has 2 aromatic rings. The third-order valence-corrected chi connectivity index (χ3v) is 2.90. The molecule has 0 atom stereocenters. The highest BCUT2D eigenvalue weighted by Gasteiger charge is 2.06. The molecule has 1 heterocycles. The molecule has 0 saturated heterocycles. The summed E-state index contributed by atoms with van der Waals surface area (Å²) < 4.78 is 0. The Hall–Kier alpha value is -1.21. The van der Waals surface area contributed by atoms with E-state index in [1.165, 1.54) is 5.56 Å². The second-order valence-electron chi connectivity index (χ2n) is 3.99. The van der Waals surface area contributed by atoms with Crippen molar-refractivity contribution in [3.8, 4) is 11.1 Å². The molecule has 0 aliphatic heterocycles. The van der Waals surface area contributed by atoms with E-state index in [9.17, 15) is 0 Å². The minimum atomic E-state index is 0.528. The Morgan fingerprint density at radius 2 is 2.00 bits per heavy atom. The van der Waals surface area contributed by atoms with Crippen LogP contribution in [-0.4, -0.2) is 4.98 Å². The molecular formula is C13H14ClN. The zero-order valence-electron chi connectivity index (χ0n) is 8.92. The molecule has 15 heavy (non-hydrogen) atoms. The van der Waals surface area contributed by atoms with Gasteiger partial charge in [0.2, 0.25) is 0 Å². The molecular weight excluding hydrogens is 206 g/mol. The van der Waals surface area contributed by atoms with Crippen molar-refractivity contribution in [1.82, 2.24) is 4.98 Å². The highest BCUT2D eigenvalue weighted by Crippen LogP contribution is 2.30. The van der Waals surface area contributed by atoms with E-state index in [-0.39, 0.29) is 0 Å². The fourth-order valence-corrected chi connectivity index (χ4v) is 1.84. The van der Waals surface area contributed by atoms with E-state index in [0.29, 0.717) is 5.92 Å². The average molecular weight is 220 g/mol. The number of halogens is 1. The van der Waals surface area contributed by atoms with Gasteiger partial charge in [0.15, 0.2) is 0 Å². The summed E-state index contributed by atoms with van der Waals surface area (Å²) in [6, 6.07) is 8.25. The van der Waals surface area contributed by atoms with Crippen LogP contribution < -0.4 is 0 Å². The zero-order valence-corrected chi connectivity index (χ0v) is 9.68. The van der Waals surface area contributed by atoms with Gasteiger partial charge in [-0.2, -0.15) is 0 Å². The van der Waals surface area contributed by atoms with Crippen molar-refractivity contribution in [3.05, 3.63) is 47.2 Å². The maximum atomic E-state index is 6.18. The molecule has 0 bridgehead atoms. The molecule has 0 saturated carbocycles. The van der Waals surface area contributed by atoms with Crippen molar-refractivity contribution < 1.29 is 0 Å². The van der Waals surface area contributed by atoms with Crippen LogP contribution in [0, 0.1) is 0 Å². The summed E-state index contributed by atoms with van der Waals surface area (Å²) in [5, 5.41) is 0.805. The van der Waals surface area contributed by atoms with Crippen molar-refractivity contribution in [2.75, 3.05) is 0 Å². The van der Waals surface area contributed by atoms with Gasteiger partial charge in [-0.25, -0.2) is 0 Å². The van der Waals surface area contributed by atoms with Crippen LogP contribution in [0.25, 0.3) is 11.1 Å². The van der Waals surface area contributed by atoms with Gasteiger partial charge in [0, 0.05) is 28.5 Å². The van der Waals surface area contributed by atoms with Crippen molar-refractivity contribution in [1.29, 1.82) is 0 Å². The van der Waals surface area contributed by atoms with Crippen molar-refractivity contribution in [2.45, 2.75) is 19.8 Å². The summed E-state index contributed by atoms with van der Waals surface area (Å²) >= 11 is 6.18. The standard InChI is InChI=1S/C13H14ClN/c1-9(2)10-3-4-13(14)12(7-10)11-5-6-15-8-11/h3-9,15H,1-2H3. The van der Waals surface area contributed by atoms with Crippen LogP contribution in [0.4, 0.5) is 0 Å². The SMILES string of the molecule is CC(C)c1ccc(Cl)c(-c2cc[nH]c2)c1. The van der Waals surface area contributed by atoms with Crippen LogP contribution in [0.15, 0.2) is 36.7 Å². The highest BCUT2D eigenvalue weighted by molar-refractivity contribution is 6.33. The Labute approximate surface area is 95.1 Å². The van der Waals surface area contributed by atoms with Crippen molar-refractivity contribution in [2.24, 2.45) is 0 Å². The minimum Gasteiger partial charge on any atom is -0.367 e. The third-order valence-electron chi connectivity index (χ3n) is 2.57. The molecule has 0 radical (unpaired) electrons. The number of rotatable bonds is 2. The topological polar surface area (TPSA) is 15.8 Å². The Bertz CT molecular complexity index is 444. The number of H-pyrrole nitrogens is 1. The van der Waals surface area contributed by atoms with Crippen LogP contribution in [0.3, 0.4) is 0 Å². The second kappa shape index (κ2) is 4.11. The van der Waals surface area contributed by atoms with Crippen LogP contribution in [0.1, 0.15) is 25.3 Å². The van der Waals surface area contributed by atoms with E-state index in [1.54, 1.807) is 0 Å². The zero-order chi connectivity index (χ0) is 10.8. The number of hydrogen-bond acceptors (Lipinski definition) is 0. The normalized spacial score (nSPS) is 10.9. The Morgan fingerprint density at radius 3 is 2.60 bits per heavy atom. The van der Waals surface area contributed by atoms with Gasteiger partial charge in [0.25, 0.3) is 0 Å². The predicted octanol–water partition coefficient (Wildman–Crippen LogP) is 4.46. The van der Waals surface area contributed by atoms with Gasteiger partial charge < -0.3 is 4.98 Å². The van der Waals surface area contributed by atoms with E-state index in [0.717, 1.165) is 16.1 Å². The first-order valence-electron chi connectivity index (χ1n) is 5.11. The molecule has 2 heteroatoms. The van der Waals surface area contributed by atoms with E-state index in [4.69, 9.17) is 11.6 Å². The Kier molecular flexibility index (Phi) is 2.83. The van der Waals surface area contributed by atoms with Gasteiger partial charge in [0.1, 0.15) is 0 Å². The molecule has 2 rings (SSSR count). The molecule has 0 aliphatic carbocycles. The summed E-state index contributed by atoms with van der Waals surface area (Å²) in [6.45, 7) is 4.37. The lowest BCUT2D eigenvalue weighted by atomic mass is 9.98. The lowest BCUT2D eigenvalue weighted by molar-refractivity contribution is 0.867. The summed E-state index contributed by atoms with van der Waals surface area (Å²) in [6.07, 6.45) is 3.87. The molecule has 0 unspecified atom stereocenters. The Balaban J connectivity index is 2.51. The number of nitrogens with one attached hydrogen (secondary N) is 1. The molecule has 0 aliphatic rings. The van der Waals surface area contributed by atoms with Gasteiger partial charge in [-0.3, -0.25) is 0 Å². The van der Waals surface area contributed by atoms with E-state index in [1.807, 2.05) is 24.5 Å². The largest absolute Gasteiger partial charge is 0.367 e. The van der Waals surface area contributed by atoms with Crippen LogP contribution in [0.5, 0.6) is 0 Å². The fourth-order valence-electron chi connectivity index (χ4n) is 1.61. The first-order chi connectivity index (χ1) is 7.18. The first-order valence-corrected chi connectivity index (χ1v) is 5.49. The number of aromatic nitrogens is 1. The quantitative estimate of drug-likeness (QED) is 0.768. The van der Waals surface area contributed by atoms with Gasteiger partial charge in [-0.15, -0.1) is 0 Å². The Morgan fingerprint density at radius 1 is 1.20 bits per heavy atom. The predicted molar refractivity (Wildman–Crippen MR) is 65.3 cm³/mol. The van der Waals surface area contributed by atoms with E-state index >= 15 is 0 Å². The molecule has 78 valence electrons. The van der Waals surface area contributed by atoms with Gasteiger partial charge in [0.05, 0.1) is 0 Å². The number of hydrogen-bond donors (Lipinski definition) is 1. The maximum absolute atomic E-state index is 6.18. The van der Waals surface area contributed by atoms with Gasteiger partial charge in [-0.1, -0.05) is 31.5 Å². The van der Waals surface area contributed by atoms with E-state index < -0.39 is 0 Å². The summed E-state index contributed by atoms with van der Waals surface area (Å²) in [5.41, 5.74) is 3.56. The lowest BCUT2D eigenvalue weighted by Crippen LogP contribution is -1.88. The fraction of sp³-hybridized carbons (Fsp3) is 0.231. The summed E-state index contributed by atoms with van der Waals surface area (Å²) in [7, 11) is 0. The lowest BCUT2D eigenvalue weighted by Gasteiger charge is -2.09. The molecule has 1 aromatic heterocycles. The molecule has 1 nitrogen and oxygen atoms in total. The smallest absolute Gasteiger partial charge is 0.0485 e. The second-order valence-corrected chi connectivity index (χ2v) is 4.40. The highest BCUT2D eigenvalue weighted by atomic mass is 35.5. The maximum Gasteiger partial charge on any atom is 0.0485 e. The molecule has 0 spiro atoms. The molecule has 0 fully saturated rings. The molecule has 0 amide bonds. The summed E-state index contributed by atoms with van der Waals surface area (Å²) in [5.74, 6) is 0.528. The van der Waals surface area contributed by atoms with Gasteiger partial charge >= 0.3 is 0 Å². The molecule has 1 aromatic carbocycles. The first kappa shape index (κ1) is 10.3. The van der Waals surface area contributed by atoms with Crippen molar-refractivity contribution in [3.63, 3.8) is 0 Å². The summed E-state index contributed by atoms with van der Waals surface area (Å²) in [4.78, 5) is 3.05. The van der Waals surface area contributed by atoms with Crippen LogP contribution in [0.2, 0.25) is 5.02 Å². The average Bonchev–Trinajstić information content (AvgIpc) is 2.71. The third kappa shape index (κ3) is 2.07. The number of benzene rings is 1. The van der Waals surface area contributed by atoms with Gasteiger partial charge in [-0.05, 0) is 29.7 Å². The monoisotopic (exact) mass is 219 g/mol. The van der Waals surface area contributed by atoms with E-state index in [2.05, 4.69) is 31.0 Å². The van der Waals surface area contributed by atoms with Crippen LogP contribution >= 0.6 is 11.6 Å². The number of aromatic amines is 1. The molecule has 1 N–H and O–H groups in total. The van der Waals surface area contributed by atoms with Crippen molar-refractivity contribution >= 4 is 11.6 Å². The minimum absolute atomic E-state index is 0.528. The van der Waals surface area contributed by atoms with Crippen LogP contribution in [-0.2, 0) is 0 Å².